The van der Waals surface area contributed by atoms with E-state index in [4.69, 9.17) is 9.47 Å². The van der Waals surface area contributed by atoms with E-state index in [0.29, 0.717) is 24.8 Å². The number of aromatic hydroxyl groups is 1. The maximum absolute atomic E-state index is 9.87. The Labute approximate surface area is 184 Å². The van der Waals surface area contributed by atoms with Crippen molar-refractivity contribution in [3.05, 3.63) is 53.6 Å². The van der Waals surface area contributed by atoms with Gasteiger partial charge in [-0.2, -0.15) is 0 Å². The van der Waals surface area contributed by atoms with E-state index in [1.807, 2.05) is 51.1 Å². The lowest BCUT2D eigenvalue weighted by Crippen LogP contribution is -2.41. The summed E-state index contributed by atoms with van der Waals surface area (Å²) in [6.45, 7) is 7.90. The Hall–Kier alpha value is -2.16. The summed E-state index contributed by atoms with van der Waals surface area (Å²) in [5, 5.41) is 16.4. The molecule has 1 atom stereocenters. The zero-order valence-corrected chi connectivity index (χ0v) is 19.2. The number of methoxy groups -OCH3 is 1. The zero-order chi connectivity index (χ0) is 19.6. The Balaban J connectivity index is 0.00000392. The minimum atomic E-state index is -0.0133. The minimum Gasteiger partial charge on any atom is -0.504 e. The molecule has 0 heterocycles. The molecule has 0 saturated heterocycles. The van der Waals surface area contributed by atoms with Gasteiger partial charge in [0, 0.05) is 6.54 Å². The SMILES string of the molecule is CCNC(=NCc1ccc(OC)c(O)c1)NCC(C)Oc1cccc(C)c1.I. The van der Waals surface area contributed by atoms with Crippen LogP contribution in [-0.2, 0) is 6.54 Å². The Morgan fingerprint density at radius 1 is 1.18 bits per heavy atom. The smallest absolute Gasteiger partial charge is 0.191 e. The number of guanidine groups is 1. The summed E-state index contributed by atoms with van der Waals surface area (Å²) in [7, 11) is 1.53. The van der Waals surface area contributed by atoms with E-state index in [2.05, 4.69) is 15.6 Å². The molecule has 0 aromatic heterocycles. The van der Waals surface area contributed by atoms with Crippen LogP contribution in [0.4, 0.5) is 0 Å². The first-order valence-electron chi connectivity index (χ1n) is 9.13. The van der Waals surface area contributed by atoms with Crippen molar-refractivity contribution in [2.75, 3.05) is 20.2 Å². The number of aliphatic imine (C=N–C) groups is 1. The molecule has 7 heteroatoms. The van der Waals surface area contributed by atoms with E-state index >= 15 is 0 Å². The van der Waals surface area contributed by atoms with Gasteiger partial charge in [0.25, 0.3) is 0 Å². The molecule has 28 heavy (non-hydrogen) atoms. The molecule has 0 amide bonds. The number of hydrogen-bond acceptors (Lipinski definition) is 4. The highest BCUT2D eigenvalue weighted by molar-refractivity contribution is 14.0. The van der Waals surface area contributed by atoms with Crippen molar-refractivity contribution in [1.82, 2.24) is 10.6 Å². The van der Waals surface area contributed by atoms with Gasteiger partial charge in [-0.05, 0) is 56.2 Å². The number of phenols is 1. The lowest BCUT2D eigenvalue weighted by Gasteiger charge is -2.18. The number of nitrogens with one attached hydrogen (secondary N) is 2. The largest absolute Gasteiger partial charge is 0.504 e. The Morgan fingerprint density at radius 3 is 2.61 bits per heavy atom. The second kappa shape index (κ2) is 12.3. The molecule has 0 saturated carbocycles. The molecule has 1 unspecified atom stereocenters. The summed E-state index contributed by atoms with van der Waals surface area (Å²) in [5.41, 5.74) is 2.07. The van der Waals surface area contributed by atoms with Gasteiger partial charge in [-0.25, -0.2) is 4.99 Å². The number of benzene rings is 2. The summed E-state index contributed by atoms with van der Waals surface area (Å²) >= 11 is 0. The maximum atomic E-state index is 9.87. The van der Waals surface area contributed by atoms with Gasteiger partial charge < -0.3 is 25.2 Å². The molecule has 0 aliphatic carbocycles. The van der Waals surface area contributed by atoms with Gasteiger partial charge in [-0.3, -0.25) is 0 Å². The van der Waals surface area contributed by atoms with E-state index in [1.54, 1.807) is 12.1 Å². The predicted octanol–water partition coefficient (Wildman–Crippen LogP) is 3.85. The molecule has 2 aromatic carbocycles. The monoisotopic (exact) mass is 499 g/mol. The Bertz CT molecular complexity index is 768. The van der Waals surface area contributed by atoms with Crippen LogP contribution in [0.3, 0.4) is 0 Å². The van der Waals surface area contributed by atoms with Crippen LogP contribution in [0.5, 0.6) is 17.2 Å². The number of rotatable bonds is 8. The van der Waals surface area contributed by atoms with Crippen molar-refractivity contribution in [2.45, 2.75) is 33.4 Å². The first kappa shape index (κ1) is 23.9. The summed E-state index contributed by atoms with van der Waals surface area (Å²) in [5.74, 6) is 2.13. The fourth-order valence-electron chi connectivity index (χ4n) is 2.55. The average molecular weight is 499 g/mol. The number of hydrogen-bond donors (Lipinski definition) is 3. The van der Waals surface area contributed by atoms with Gasteiger partial charge in [-0.1, -0.05) is 18.2 Å². The van der Waals surface area contributed by atoms with Crippen molar-refractivity contribution < 1.29 is 14.6 Å². The van der Waals surface area contributed by atoms with E-state index in [9.17, 15) is 5.11 Å². The first-order valence-corrected chi connectivity index (χ1v) is 9.13. The third-order valence-corrected chi connectivity index (χ3v) is 3.89. The van der Waals surface area contributed by atoms with Crippen LogP contribution in [0.2, 0.25) is 0 Å². The second-order valence-electron chi connectivity index (χ2n) is 6.33. The number of ether oxygens (including phenoxy) is 2. The summed E-state index contributed by atoms with van der Waals surface area (Å²) in [6, 6.07) is 13.3. The van der Waals surface area contributed by atoms with E-state index in [0.717, 1.165) is 17.9 Å². The standard InChI is InChI=1S/C21H29N3O3.HI/c1-5-22-21(24-14-17-9-10-20(26-4)19(25)12-17)23-13-16(3)27-18-8-6-7-15(2)11-18;/h6-12,16,25H,5,13-14H2,1-4H3,(H2,22,23,24);1H. The van der Waals surface area contributed by atoms with Crippen LogP contribution in [0.15, 0.2) is 47.5 Å². The second-order valence-corrected chi connectivity index (χ2v) is 6.33. The number of halogens is 1. The van der Waals surface area contributed by atoms with Crippen LogP contribution in [-0.4, -0.2) is 37.4 Å². The third kappa shape index (κ3) is 7.84. The fourth-order valence-corrected chi connectivity index (χ4v) is 2.55. The van der Waals surface area contributed by atoms with Crippen LogP contribution in [0, 0.1) is 6.92 Å². The van der Waals surface area contributed by atoms with E-state index in [1.165, 1.54) is 12.7 Å². The van der Waals surface area contributed by atoms with Gasteiger partial charge >= 0.3 is 0 Å². The summed E-state index contributed by atoms with van der Waals surface area (Å²) in [6.07, 6.45) is -0.0133. The molecule has 3 N–H and O–H groups in total. The van der Waals surface area contributed by atoms with Gasteiger partial charge in [0.05, 0.1) is 20.2 Å². The molecular weight excluding hydrogens is 469 g/mol. The molecular formula is C21H30IN3O3. The highest BCUT2D eigenvalue weighted by Crippen LogP contribution is 2.26. The summed E-state index contributed by atoms with van der Waals surface area (Å²) in [4.78, 5) is 4.56. The van der Waals surface area contributed by atoms with Crippen molar-refractivity contribution in [1.29, 1.82) is 0 Å². The Morgan fingerprint density at radius 2 is 1.96 bits per heavy atom. The summed E-state index contributed by atoms with van der Waals surface area (Å²) < 4.78 is 11.0. The third-order valence-electron chi connectivity index (χ3n) is 3.89. The quantitative estimate of drug-likeness (QED) is 0.292. The van der Waals surface area contributed by atoms with Crippen molar-refractivity contribution in [2.24, 2.45) is 4.99 Å². The van der Waals surface area contributed by atoms with Crippen molar-refractivity contribution in [3.63, 3.8) is 0 Å². The molecule has 0 aliphatic heterocycles. The van der Waals surface area contributed by atoms with Gasteiger partial charge in [0.2, 0.25) is 0 Å². The molecule has 0 radical (unpaired) electrons. The van der Waals surface area contributed by atoms with Crippen LogP contribution >= 0.6 is 24.0 Å². The molecule has 2 aromatic rings. The lowest BCUT2D eigenvalue weighted by molar-refractivity contribution is 0.223. The molecule has 0 bridgehead atoms. The number of nitrogens with zero attached hydrogens (tertiary/aromatic N) is 1. The highest BCUT2D eigenvalue weighted by Gasteiger charge is 2.07. The van der Waals surface area contributed by atoms with Crippen LogP contribution in [0.25, 0.3) is 0 Å². The van der Waals surface area contributed by atoms with Crippen LogP contribution < -0.4 is 20.1 Å². The van der Waals surface area contributed by atoms with Crippen LogP contribution in [0.1, 0.15) is 25.0 Å². The van der Waals surface area contributed by atoms with E-state index in [-0.39, 0.29) is 35.8 Å². The number of aryl methyl sites for hydroxylation is 1. The highest BCUT2D eigenvalue weighted by atomic mass is 127. The Kier molecular flexibility index (Phi) is 10.5. The topological polar surface area (TPSA) is 75.1 Å². The lowest BCUT2D eigenvalue weighted by atomic mass is 10.2. The molecule has 154 valence electrons. The normalized spacial score (nSPS) is 11.9. The molecule has 2 rings (SSSR count). The van der Waals surface area contributed by atoms with Crippen molar-refractivity contribution in [3.8, 4) is 17.2 Å². The first-order chi connectivity index (χ1) is 13.0. The fraction of sp³-hybridized carbons (Fsp3) is 0.381. The molecule has 0 spiro atoms. The van der Waals surface area contributed by atoms with Gasteiger partial charge in [-0.15, -0.1) is 24.0 Å². The molecule has 6 nitrogen and oxygen atoms in total. The number of phenolic OH excluding ortho intramolecular Hbond substituents is 1. The molecule has 0 aliphatic rings. The van der Waals surface area contributed by atoms with Gasteiger partial charge in [0.1, 0.15) is 11.9 Å². The maximum Gasteiger partial charge on any atom is 0.191 e. The van der Waals surface area contributed by atoms with E-state index < -0.39 is 0 Å². The zero-order valence-electron chi connectivity index (χ0n) is 16.9. The predicted molar refractivity (Wildman–Crippen MR) is 124 cm³/mol. The average Bonchev–Trinajstić information content (AvgIpc) is 2.64. The van der Waals surface area contributed by atoms with Gasteiger partial charge in [0.15, 0.2) is 17.5 Å². The molecule has 0 fully saturated rings. The minimum absolute atomic E-state index is 0. The van der Waals surface area contributed by atoms with Crippen molar-refractivity contribution >= 4 is 29.9 Å².